The van der Waals surface area contributed by atoms with E-state index in [4.69, 9.17) is 5.84 Å². The summed E-state index contributed by atoms with van der Waals surface area (Å²) in [7, 11) is 0. The van der Waals surface area contributed by atoms with E-state index < -0.39 is 46.1 Å². The summed E-state index contributed by atoms with van der Waals surface area (Å²) in [5.74, 6) is -6.26. The highest BCUT2D eigenvalue weighted by Crippen LogP contribution is 2.32. The Labute approximate surface area is 129 Å². The molecule has 3 nitrogen and oxygen atoms in total. The highest BCUT2D eigenvalue weighted by atomic mass is 79.9. The molecule has 0 aliphatic heterocycles. The van der Waals surface area contributed by atoms with Crippen LogP contribution in [0.4, 0.5) is 22.0 Å². The van der Waals surface area contributed by atoms with Gasteiger partial charge in [0.2, 0.25) is 5.82 Å². The first-order valence-electron chi connectivity index (χ1n) is 5.58. The normalized spacial score (nSPS) is 11.8. The van der Waals surface area contributed by atoms with Crippen LogP contribution in [0.1, 0.15) is 11.1 Å². The Hall–Kier alpha value is -2.16. The molecule has 0 heterocycles. The molecule has 0 spiro atoms. The third-order valence-corrected chi connectivity index (χ3v) is 3.46. The van der Waals surface area contributed by atoms with Crippen LogP contribution in [0.25, 0.3) is 0 Å². The van der Waals surface area contributed by atoms with Gasteiger partial charge in [-0.1, -0.05) is 6.07 Å². The molecule has 0 aliphatic rings. The molecule has 2 aromatic rings. The largest absolute Gasteiger partial charge is 0.506 e. The summed E-state index contributed by atoms with van der Waals surface area (Å²) in [5.41, 5.74) is -2.42. The van der Waals surface area contributed by atoms with Gasteiger partial charge in [-0.15, -0.1) is 0 Å². The Kier molecular flexibility index (Phi) is 4.36. The SMILES string of the molecule is N/N=C(\c1cccc(Br)c1O)c1c(F)c(F)c(F)c(F)c1F. The van der Waals surface area contributed by atoms with E-state index in [2.05, 4.69) is 21.0 Å². The summed E-state index contributed by atoms with van der Waals surface area (Å²) in [6.07, 6.45) is 0. The minimum atomic E-state index is -2.30. The van der Waals surface area contributed by atoms with Gasteiger partial charge < -0.3 is 10.9 Å². The highest BCUT2D eigenvalue weighted by molar-refractivity contribution is 9.10. The Morgan fingerprint density at radius 3 is 1.95 bits per heavy atom. The average Bonchev–Trinajstić information content (AvgIpc) is 2.51. The summed E-state index contributed by atoms with van der Waals surface area (Å²) in [4.78, 5) is 0. The monoisotopic (exact) mass is 380 g/mol. The molecule has 0 unspecified atom stereocenters. The molecule has 0 saturated carbocycles. The standard InChI is InChI=1S/C13H6BrF5N2O/c14-5-3-1-2-4(13(5)22)12(21-20)6-7(15)9(17)11(19)10(18)8(6)16/h1-3,22H,20H2/b21-12+. The number of nitrogens with two attached hydrogens (primary N) is 1. The number of halogens is 6. The van der Waals surface area contributed by atoms with E-state index in [0.29, 0.717) is 0 Å². The van der Waals surface area contributed by atoms with Crippen LogP contribution in [0, 0.1) is 29.1 Å². The van der Waals surface area contributed by atoms with Crippen molar-refractivity contribution in [3.05, 3.63) is 62.9 Å². The molecule has 0 radical (unpaired) electrons. The zero-order valence-corrected chi connectivity index (χ0v) is 12.1. The number of phenols is 1. The number of hydrogen-bond acceptors (Lipinski definition) is 3. The molecular formula is C13H6BrF5N2O. The zero-order chi connectivity index (χ0) is 16.6. The quantitative estimate of drug-likeness (QED) is 0.209. The number of aromatic hydroxyl groups is 1. The summed E-state index contributed by atoms with van der Waals surface area (Å²) in [6, 6.07) is 3.91. The predicted molar refractivity (Wildman–Crippen MR) is 71.9 cm³/mol. The van der Waals surface area contributed by atoms with E-state index in [1.807, 2.05) is 0 Å². The van der Waals surface area contributed by atoms with Gasteiger partial charge >= 0.3 is 0 Å². The molecule has 116 valence electrons. The maximum atomic E-state index is 13.8. The third kappa shape index (κ3) is 2.41. The molecule has 0 amide bonds. The van der Waals surface area contributed by atoms with Crippen molar-refractivity contribution < 1.29 is 27.1 Å². The van der Waals surface area contributed by atoms with Crippen molar-refractivity contribution in [2.45, 2.75) is 0 Å². The predicted octanol–water partition coefficient (Wildman–Crippen LogP) is 3.56. The van der Waals surface area contributed by atoms with Crippen LogP contribution in [-0.4, -0.2) is 10.8 Å². The first-order valence-corrected chi connectivity index (χ1v) is 6.38. The fourth-order valence-corrected chi connectivity index (χ4v) is 2.15. The fourth-order valence-electron chi connectivity index (χ4n) is 1.79. The summed E-state index contributed by atoms with van der Waals surface area (Å²) < 4.78 is 67.3. The Morgan fingerprint density at radius 1 is 0.955 bits per heavy atom. The molecule has 0 aliphatic carbocycles. The van der Waals surface area contributed by atoms with Crippen molar-refractivity contribution in [3.8, 4) is 5.75 Å². The van der Waals surface area contributed by atoms with E-state index in [-0.39, 0.29) is 10.0 Å². The van der Waals surface area contributed by atoms with E-state index in [0.717, 1.165) is 6.07 Å². The molecule has 9 heteroatoms. The minimum absolute atomic E-state index is 0.120. The average molecular weight is 381 g/mol. The lowest BCUT2D eigenvalue weighted by molar-refractivity contribution is 0.377. The fraction of sp³-hybridized carbons (Fsp3) is 0. The van der Waals surface area contributed by atoms with Gasteiger partial charge in [-0.05, 0) is 28.1 Å². The van der Waals surface area contributed by atoms with Crippen LogP contribution in [0.3, 0.4) is 0 Å². The molecule has 22 heavy (non-hydrogen) atoms. The molecule has 3 N–H and O–H groups in total. The molecule has 0 fully saturated rings. The summed E-state index contributed by atoms with van der Waals surface area (Å²) in [5, 5.41) is 12.9. The van der Waals surface area contributed by atoms with Crippen LogP contribution in [0.2, 0.25) is 0 Å². The zero-order valence-electron chi connectivity index (χ0n) is 10.5. The molecule has 2 aromatic carbocycles. The number of phenolic OH excluding ortho intramolecular Hbond substituents is 1. The second-order valence-electron chi connectivity index (χ2n) is 4.06. The van der Waals surface area contributed by atoms with Gasteiger partial charge in [-0.25, -0.2) is 22.0 Å². The van der Waals surface area contributed by atoms with Gasteiger partial charge in [0.1, 0.15) is 11.5 Å². The van der Waals surface area contributed by atoms with Crippen molar-refractivity contribution in [2.75, 3.05) is 0 Å². The number of para-hydroxylation sites is 1. The van der Waals surface area contributed by atoms with Crippen molar-refractivity contribution in [3.63, 3.8) is 0 Å². The third-order valence-electron chi connectivity index (χ3n) is 2.82. The summed E-state index contributed by atoms with van der Waals surface area (Å²) >= 11 is 2.95. The second-order valence-corrected chi connectivity index (χ2v) is 4.91. The molecule has 0 bridgehead atoms. The van der Waals surface area contributed by atoms with E-state index in [1.165, 1.54) is 12.1 Å². The minimum Gasteiger partial charge on any atom is -0.506 e. The topological polar surface area (TPSA) is 58.6 Å². The molecule has 0 atom stereocenters. The maximum Gasteiger partial charge on any atom is 0.200 e. The van der Waals surface area contributed by atoms with Crippen LogP contribution < -0.4 is 5.84 Å². The first kappa shape index (κ1) is 16.2. The van der Waals surface area contributed by atoms with E-state index >= 15 is 0 Å². The van der Waals surface area contributed by atoms with Crippen molar-refractivity contribution in [1.29, 1.82) is 0 Å². The van der Waals surface area contributed by atoms with E-state index in [1.54, 1.807) is 0 Å². The van der Waals surface area contributed by atoms with Gasteiger partial charge in [-0.3, -0.25) is 0 Å². The number of rotatable bonds is 2. The molecule has 0 saturated heterocycles. The lowest BCUT2D eigenvalue weighted by atomic mass is 9.99. The lowest BCUT2D eigenvalue weighted by Crippen LogP contribution is -2.16. The van der Waals surface area contributed by atoms with Crippen molar-refractivity contribution in [1.82, 2.24) is 0 Å². The van der Waals surface area contributed by atoms with Crippen LogP contribution >= 0.6 is 15.9 Å². The number of benzene rings is 2. The van der Waals surface area contributed by atoms with Crippen molar-refractivity contribution in [2.24, 2.45) is 10.9 Å². The molecule has 2 rings (SSSR count). The van der Waals surface area contributed by atoms with Gasteiger partial charge in [0.25, 0.3) is 0 Å². The Bertz CT molecular complexity index is 765. The van der Waals surface area contributed by atoms with Crippen LogP contribution in [-0.2, 0) is 0 Å². The maximum absolute atomic E-state index is 13.8. The van der Waals surface area contributed by atoms with Crippen LogP contribution in [0.5, 0.6) is 5.75 Å². The van der Waals surface area contributed by atoms with Crippen molar-refractivity contribution >= 4 is 21.6 Å². The van der Waals surface area contributed by atoms with Gasteiger partial charge in [-0.2, -0.15) is 5.10 Å². The van der Waals surface area contributed by atoms with Gasteiger partial charge in [0.05, 0.1) is 10.0 Å². The molecular weight excluding hydrogens is 375 g/mol. The highest BCUT2D eigenvalue weighted by Gasteiger charge is 2.30. The smallest absolute Gasteiger partial charge is 0.200 e. The number of hydrogen-bond donors (Lipinski definition) is 2. The number of nitrogens with zero attached hydrogens (tertiary/aromatic N) is 1. The van der Waals surface area contributed by atoms with Gasteiger partial charge in [0, 0.05) is 5.56 Å². The number of hydrazone groups is 1. The van der Waals surface area contributed by atoms with E-state index in [9.17, 15) is 27.1 Å². The van der Waals surface area contributed by atoms with Crippen LogP contribution in [0.15, 0.2) is 27.8 Å². The van der Waals surface area contributed by atoms with Gasteiger partial charge in [0.15, 0.2) is 23.3 Å². The summed E-state index contributed by atoms with van der Waals surface area (Å²) in [6.45, 7) is 0. The molecule has 0 aromatic heterocycles. The Balaban J connectivity index is 2.82. The lowest BCUT2D eigenvalue weighted by Gasteiger charge is -2.12. The Morgan fingerprint density at radius 2 is 1.45 bits per heavy atom. The second kappa shape index (κ2) is 5.91. The first-order chi connectivity index (χ1) is 10.3.